The minimum atomic E-state index is -0.485. The van der Waals surface area contributed by atoms with E-state index in [0.29, 0.717) is 31.0 Å². The third-order valence-electron chi connectivity index (χ3n) is 5.71. The van der Waals surface area contributed by atoms with Crippen LogP contribution in [-0.2, 0) is 24.2 Å². The topological polar surface area (TPSA) is 94.9 Å². The first-order chi connectivity index (χ1) is 16.5. The standard InChI is InChI=1S/C25H28N4O5/c1-4-34-24(30)23-19-16-28(13-12-20(19)29(27-23)18-8-6-5-7-9-18)25(31)26-15-17-10-11-21(32-2)22(14-17)33-3/h5-11,14H,4,12-13,15-16H2,1-3H3,(H,26,31). The van der Waals surface area contributed by atoms with E-state index < -0.39 is 5.97 Å². The number of hydrogen-bond donors (Lipinski definition) is 1. The van der Waals surface area contributed by atoms with Gasteiger partial charge in [0.1, 0.15) is 0 Å². The number of esters is 1. The normalized spacial score (nSPS) is 12.6. The summed E-state index contributed by atoms with van der Waals surface area (Å²) in [5.41, 5.74) is 3.62. The molecule has 2 heterocycles. The van der Waals surface area contributed by atoms with E-state index in [2.05, 4.69) is 10.4 Å². The van der Waals surface area contributed by atoms with Gasteiger partial charge in [0.15, 0.2) is 17.2 Å². The molecule has 0 bridgehead atoms. The molecule has 1 aliphatic rings. The molecule has 2 amide bonds. The van der Waals surface area contributed by atoms with Crippen LogP contribution in [0, 0.1) is 0 Å². The maximum absolute atomic E-state index is 13.0. The van der Waals surface area contributed by atoms with Crippen LogP contribution >= 0.6 is 0 Å². The molecule has 178 valence electrons. The highest BCUT2D eigenvalue weighted by Crippen LogP contribution is 2.28. The van der Waals surface area contributed by atoms with Gasteiger partial charge in [-0.2, -0.15) is 5.10 Å². The van der Waals surface area contributed by atoms with Gasteiger partial charge in [-0.3, -0.25) is 0 Å². The van der Waals surface area contributed by atoms with Crippen molar-refractivity contribution in [2.45, 2.75) is 26.4 Å². The first-order valence-electron chi connectivity index (χ1n) is 11.1. The molecule has 0 radical (unpaired) electrons. The van der Waals surface area contributed by atoms with Crippen LogP contribution in [0.15, 0.2) is 48.5 Å². The Balaban J connectivity index is 1.52. The number of amides is 2. The van der Waals surface area contributed by atoms with Crippen LogP contribution in [0.2, 0.25) is 0 Å². The van der Waals surface area contributed by atoms with Crippen molar-refractivity contribution in [3.63, 3.8) is 0 Å². The third kappa shape index (κ3) is 4.68. The molecule has 1 N–H and O–H groups in total. The van der Waals surface area contributed by atoms with Crippen LogP contribution in [-0.4, -0.2) is 54.1 Å². The number of hydrogen-bond acceptors (Lipinski definition) is 6. The van der Waals surface area contributed by atoms with Crippen molar-refractivity contribution in [1.82, 2.24) is 20.0 Å². The Morgan fingerprint density at radius 3 is 2.53 bits per heavy atom. The number of rotatable bonds is 7. The van der Waals surface area contributed by atoms with Crippen LogP contribution in [0.1, 0.15) is 34.2 Å². The van der Waals surface area contributed by atoms with E-state index >= 15 is 0 Å². The van der Waals surface area contributed by atoms with Gasteiger partial charge in [-0.25, -0.2) is 14.3 Å². The Labute approximate surface area is 198 Å². The van der Waals surface area contributed by atoms with E-state index in [0.717, 1.165) is 22.5 Å². The number of benzene rings is 2. The fraction of sp³-hybridized carbons (Fsp3) is 0.320. The Bertz CT molecular complexity index is 1180. The molecule has 1 aromatic heterocycles. The molecular weight excluding hydrogens is 436 g/mol. The zero-order valence-electron chi connectivity index (χ0n) is 19.5. The lowest BCUT2D eigenvalue weighted by Crippen LogP contribution is -2.42. The van der Waals surface area contributed by atoms with Gasteiger partial charge in [-0.1, -0.05) is 24.3 Å². The number of carbonyl (C=O) groups is 2. The largest absolute Gasteiger partial charge is 0.493 e. The second-order valence-electron chi connectivity index (χ2n) is 7.76. The highest BCUT2D eigenvalue weighted by atomic mass is 16.5. The van der Waals surface area contributed by atoms with Crippen LogP contribution in [0.4, 0.5) is 4.79 Å². The van der Waals surface area contributed by atoms with Gasteiger partial charge in [-0.05, 0) is 36.8 Å². The number of ether oxygens (including phenoxy) is 3. The monoisotopic (exact) mass is 464 g/mol. The number of urea groups is 1. The number of carbonyl (C=O) groups excluding carboxylic acids is 2. The molecule has 3 aromatic rings. The minimum absolute atomic E-state index is 0.220. The maximum Gasteiger partial charge on any atom is 0.359 e. The van der Waals surface area contributed by atoms with Gasteiger partial charge >= 0.3 is 12.0 Å². The number of aromatic nitrogens is 2. The number of methoxy groups -OCH3 is 2. The van der Waals surface area contributed by atoms with Gasteiger partial charge < -0.3 is 24.4 Å². The molecule has 2 aromatic carbocycles. The minimum Gasteiger partial charge on any atom is -0.493 e. The Morgan fingerprint density at radius 2 is 1.82 bits per heavy atom. The quantitative estimate of drug-likeness (QED) is 0.539. The van der Waals surface area contributed by atoms with Crippen molar-refractivity contribution in [2.75, 3.05) is 27.4 Å². The fourth-order valence-corrected chi connectivity index (χ4v) is 4.02. The number of nitrogens with zero attached hydrogens (tertiary/aromatic N) is 3. The van der Waals surface area contributed by atoms with Crippen LogP contribution in [0.5, 0.6) is 11.5 Å². The lowest BCUT2D eigenvalue weighted by molar-refractivity contribution is 0.0516. The number of nitrogens with one attached hydrogen (secondary N) is 1. The average molecular weight is 465 g/mol. The SMILES string of the molecule is CCOC(=O)c1nn(-c2ccccc2)c2c1CN(C(=O)NCc1ccc(OC)c(OC)c1)CC2. The molecule has 0 atom stereocenters. The van der Waals surface area contributed by atoms with Crippen molar-refractivity contribution in [1.29, 1.82) is 0 Å². The van der Waals surface area contributed by atoms with Crippen LogP contribution < -0.4 is 14.8 Å². The summed E-state index contributed by atoms with van der Waals surface area (Å²) < 4.78 is 17.6. The Hall–Kier alpha value is -4.01. The van der Waals surface area contributed by atoms with E-state index in [1.165, 1.54) is 0 Å². The molecule has 9 heteroatoms. The van der Waals surface area contributed by atoms with E-state index in [1.807, 2.05) is 42.5 Å². The summed E-state index contributed by atoms with van der Waals surface area (Å²) in [5.74, 6) is 0.744. The molecule has 0 spiro atoms. The molecule has 0 unspecified atom stereocenters. The Morgan fingerprint density at radius 1 is 1.06 bits per heavy atom. The lowest BCUT2D eigenvalue weighted by atomic mass is 10.0. The molecule has 9 nitrogen and oxygen atoms in total. The zero-order valence-corrected chi connectivity index (χ0v) is 19.5. The first-order valence-corrected chi connectivity index (χ1v) is 11.1. The third-order valence-corrected chi connectivity index (χ3v) is 5.71. The molecule has 0 fully saturated rings. The van der Waals surface area contributed by atoms with Gasteiger partial charge in [0.25, 0.3) is 0 Å². The van der Waals surface area contributed by atoms with Gasteiger partial charge in [0.05, 0.1) is 38.8 Å². The van der Waals surface area contributed by atoms with Crippen molar-refractivity contribution in [3.05, 3.63) is 71.0 Å². The predicted octanol–water partition coefficient (Wildman–Crippen LogP) is 3.33. The van der Waals surface area contributed by atoms with Crippen molar-refractivity contribution in [3.8, 4) is 17.2 Å². The number of para-hydroxylation sites is 1. The van der Waals surface area contributed by atoms with Crippen molar-refractivity contribution in [2.24, 2.45) is 0 Å². The molecule has 1 aliphatic heterocycles. The van der Waals surface area contributed by atoms with Crippen molar-refractivity contribution < 1.29 is 23.8 Å². The number of fused-ring (bicyclic) bond motifs is 1. The summed E-state index contributed by atoms with van der Waals surface area (Å²) in [5, 5.41) is 7.51. The molecule has 0 saturated heterocycles. The van der Waals surface area contributed by atoms with Gasteiger partial charge in [-0.15, -0.1) is 0 Å². The Kier molecular flexibility index (Phi) is 7.01. The van der Waals surface area contributed by atoms with E-state index in [4.69, 9.17) is 14.2 Å². The van der Waals surface area contributed by atoms with Crippen LogP contribution in [0.25, 0.3) is 5.69 Å². The molecule has 0 aliphatic carbocycles. The van der Waals surface area contributed by atoms with Gasteiger partial charge in [0, 0.05) is 25.1 Å². The van der Waals surface area contributed by atoms with E-state index in [9.17, 15) is 9.59 Å². The summed E-state index contributed by atoms with van der Waals surface area (Å²) in [6.45, 7) is 3.12. The highest BCUT2D eigenvalue weighted by Gasteiger charge is 2.31. The van der Waals surface area contributed by atoms with E-state index in [-0.39, 0.29) is 24.9 Å². The molecule has 4 rings (SSSR count). The smallest absolute Gasteiger partial charge is 0.359 e. The molecule has 0 saturated carbocycles. The van der Waals surface area contributed by atoms with Gasteiger partial charge in [0.2, 0.25) is 0 Å². The summed E-state index contributed by atoms with van der Waals surface area (Å²) in [4.78, 5) is 27.3. The summed E-state index contributed by atoms with van der Waals surface area (Å²) >= 11 is 0. The summed E-state index contributed by atoms with van der Waals surface area (Å²) in [6, 6.07) is 14.9. The van der Waals surface area contributed by atoms with E-state index in [1.54, 1.807) is 36.8 Å². The zero-order chi connectivity index (χ0) is 24.1. The fourth-order valence-electron chi connectivity index (χ4n) is 4.02. The molecule has 34 heavy (non-hydrogen) atoms. The summed E-state index contributed by atoms with van der Waals surface area (Å²) in [6.07, 6.45) is 0.570. The highest BCUT2D eigenvalue weighted by molar-refractivity contribution is 5.89. The maximum atomic E-state index is 13.0. The van der Waals surface area contributed by atoms with Crippen molar-refractivity contribution >= 4 is 12.0 Å². The molecular formula is C25H28N4O5. The second kappa shape index (κ2) is 10.3. The van der Waals surface area contributed by atoms with Crippen LogP contribution in [0.3, 0.4) is 0 Å². The average Bonchev–Trinajstić information content (AvgIpc) is 3.26. The first kappa shape index (κ1) is 23.2. The predicted molar refractivity (Wildman–Crippen MR) is 125 cm³/mol. The summed E-state index contributed by atoms with van der Waals surface area (Å²) in [7, 11) is 3.15. The lowest BCUT2D eigenvalue weighted by Gasteiger charge is -2.28. The second-order valence-corrected chi connectivity index (χ2v) is 7.76.